The van der Waals surface area contributed by atoms with Crippen molar-refractivity contribution in [2.75, 3.05) is 24.3 Å². The summed E-state index contributed by atoms with van der Waals surface area (Å²) in [4.78, 5) is 24.9. The first-order chi connectivity index (χ1) is 9.65. The molecule has 2 rings (SSSR count). The molecule has 20 heavy (non-hydrogen) atoms. The lowest BCUT2D eigenvalue weighted by Crippen LogP contribution is -2.35. The van der Waals surface area contributed by atoms with Crippen LogP contribution in [0.2, 0.25) is 0 Å². The van der Waals surface area contributed by atoms with Gasteiger partial charge in [0.05, 0.1) is 6.61 Å². The predicted molar refractivity (Wildman–Crippen MR) is 80.4 cm³/mol. The van der Waals surface area contributed by atoms with Gasteiger partial charge in [-0.2, -0.15) is 0 Å². The molecular weight excluding hydrogens is 300 g/mol. The lowest BCUT2D eigenvalue weighted by Gasteiger charge is -2.13. The first-order valence-corrected chi connectivity index (χ1v) is 7.64. The van der Waals surface area contributed by atoms with Gasteiger partial charge in [-0.1, -0.05) is 0 Å². The Labute approximate surface area is 126 Å². The van der Waals surface area contributed by atoms with Crippen molar-refractivity contribution < 1.29 is 14.3 Å². The zero-order valence-corrected chi connectivity index (χ0v) is 12.5. The second kappa shape index (κ2) is 6.85. The Kier molecular flexibility index (Phi) is 5.14. The Morgan fingerprint density at radius 3 is 2.65 bits per heavy atom. The fourth-order valence-electron chi connectivity index (χ4n) is 1.79. The van der Waals surface area contributed by atoms with E-state index in [9.17, 15) is 9.59 Å². The summed E-state index contributed by atoms with van der Waals surface area (Å²) in [7, 11) is 0. The van der Waals surface area contributed by atoms with Crippen molar-refractivity contribution in [3.63, 3.8) is 0 Å². The number of benzene rings is 1. The molecule has 1 saturated heterocycles. The van der Waals surface area contributed by atoms with E-state index in [1.165, 1.54) is 4.90 Å². The highest BCUT2D eigenvalue weighted by atomic mass is 35.5. The number of halogens is 1. The number of thioether (sulfide) groups is 1. The van der Waals surface area contributed by atoms with Crippen LogP contribution in [0.5, 0.6) is 5.75 Å². The van der Waals surface area contributed by atoms with Crippen molar-refractivity contribution in [1.82, 2.24) is 4.90 Å². The fraction of sp³-hybridized carbons (Fsp3) is 0.385. The summed E-state index contributed by atoms with van der Waals surface area (Å²) in [6.45, 7) is 2.76. The molecule has 108 valence electrons. The third-order valence-corrected chi connectivity index (χ3v) is 3.85. The number of alkyl halides is 1. The van der Waals surface area contributed by atoms with Gasteiger partial charge in [-0.05, 0) is 43.0 Å². The van der Waals surface area contributed by atoms with E-state index >= 15 is 0 Å². The normalized spacial score (nSPS) is 18.5. The lowest BCUT2D eigenvalue weighted by molar-refractivity contribution is -0.126. The smallest absolute Gasteiger partial charge is 0.290 e. The molecule has 0 aromatic heterocycles. The van der Waals surface area contributed by atoms with E-state index in [1.54, 1.807) is 0 Å². The van der Waals surface area contributed by atoms with Crippen LogP contribution in [0.4, 0.5) is 10.5 Å². The molecule has 1 aliphatic rings. The zero-order valence-electron chi connectivity index (χ0n) is 11.0. The van der Waals surface area contributed by atoms with Gasteiger partial charge >= 0.3 is 0 Å². The molecule has 0 unspecified atom stereocenters. The number of nitrogens with zero attached hydrogens (tertiary/aromatic N) is 1. The monoisotopic (exact) mass is 314 g/mol. The van der Waals surface area contributed by atoms with E-state index in [1.807, 2.05) is 31.2 Å². The Morgan fingerprint density at radius 1 is 1.35 bits per heavy atom. The molecule has 1 heterocycles. The Bertz CT molecular complexity index is 495. The number of carbonyl (C=O) groups is 2. The fourth-order valence-corrected chi connectivity index (χ4v) is 2.89. The van der Waals surface area contributed by atoms with Crippen molar-refractivity contribution >= 4 is 40.2 Å². The number of imide groups is 1. The van der Waals surface area contributed by atoms with Crippen LogP contribution < -0.4 is 10.1 Å². The van der Waals surface area contributed by atoms with Crippen molar-refractivity contribution in [3.8, 4) is 5.75 Å². The largest absolute Gasteiger partial charge is 0.494 e. The molecule has 1 aliphatic heterocycles. The molecule has 0 saturated carbocycles. The highest BCUT2D eigenvalue weighted by molar-refractivity contribution is 8.15. The van der Waals surface area contributed by atoms with Gasteiger partial charge in [-0.3, -0.25) is 14.5 Å². The topological polar surface area (TPSA) is 58.6 Å². The molecule has 1 atom stereocenters. The van der Waals surface area contributed by atoms with Gasteiger partial charge in [0.25, 0.3) is 11.1 Å². The number of anilines is 1. The maximum Gasteiger partial charge on any atom is 0.290 e. The first kappa shape index (κ1) is 15.0. The second-order valence-electron chi connectivity index (χ2n) is 4.04. The standard InChI is InChI=1S/C13H15ClN2O3S/c1-2-19-10-5-3-9(4-6-10)15-11-12(17)16(8-7-14)13(18)20-11/h3-6,11,15H,2,7-8H2,1H3/t11-/m0/s1. The number of nitrogens with one attached hydrogen (secondary N) is 1. The molecule has 0 bridgehead atoms. The van der Waals surface area contributed by atoms with Gasteiger partial charge in [-0.25, -0.2) is 0 Å². The van der Waals surface area contributed by atoms with Crippen molar-refractivity contribution in [1.29, 1.82) is 0 Å². The molecule has 0 spiro atoms. The molecule has 7 heteroatoms. The van der Waals surface area contributed by atoms with Gasteiger partial charge < -0.3 is 10.1 Å². The number of amides is 2. The minimum Gasteiger partial charge on any atom is -0.494 e. The van der Waals surface area contributed by atoms with Crippen LogP contribution in [0.3, 0.4) is 0 Å². The Morgan fingerprint density at radius 2 is 2.05 bits per heavy atom. The Hall–Kier alpha value is -1.40. The average molecular weight is 315 g/mol. The summed E-state index contributed by atoms with van der Waals surface area (Å²) in [5.74, 6) is 0.756. The molecule has 5 nitrogen and oxygen atoms in total. The third-order valence-electron chi connectivity index (χ3n) is 2.70. The lowest BCUT2D eigenvalue weighted by atomic mass is 10.3. The summed E-state index contributed by atoms with van der Waals surface area (Å²) in [5.41, 5.74) is 0.764. The molecule has 2 amide bonds. The highest BCUT2D eigenvalue weighted by Gasteiger charge is 2.39. The van der Waals surface area contributed by atoms with Crippen molar-refractivity contribution in [3.05, 3.63) is 24.3 Å². The molecule has 0 aliphatic carbocycles. The SMILES string of the molecule is CCOc1ccc(N[C@H]2SC(=O)N(CCCl)C2=O)cc1. The quantitative estimate of drug-likeness (QED) is 0.818. The number of ether oxygens (including phenoxy) is 1. The number of hydrogen-bond acceptors (Lipinski definition) is 5. The number of carbonyl (C=O) groups excluding carboxylic acids is 2. The van der Waals surface area contributed by atoms with E-state index < -0.39 is 5.37 Å². The van der Waals surface area contributed by atoms with Crippen LogP contribution >= 0.6 is 23.4 Å². The van der Waals surface area contributed by atoms with E-state index in [0.717, 1.165) is 23.2 Å². The summed E-state index contributed by atoms with van der Waals surface area (Å²) in [5, 5.41) is 2.17. The van der Waals surface area contributed by atoms with Gasteiger partial charge in [0.2, 0.25) is 0 Å². The summed E-state index contributed by atoms with van der Waals surface area (Å²) in [6, 6.07) is 7.25. The summed E-state index contributed by atoms with van der Waals surface area (Å²) >= 11 is 6.55. The maximum absolute atomic E-state index is 12.0. The number of hydrogen-bond donors (Lipinski definition) is 1. The van der Waals surface area contributed by atoms with Crippen molar-refractivity contribution in [2.45, 2.75) is 12.3 Å². The Balaban J connectivity index is 2.00. The predicted octanol–water partition coefficient (Wildman–Crippen LogP) is 2.76. The van der Waals surface area contributed by atoms with Crippen LogP contribution in [-0.4, -0.2) is 40.5 Å². The van der Waals surface area contributed by atoms with Crippen molar-refractivity contribution in [2.24, 2.45) is 0 Å². The van der Waals surface area contributed by atoms with Crippen LogP contribution in [0.25, 0.3) is 0 Å². The molecule has 1 aromatic rings. The van der Waals surface area contributed by atoms with Crippen LogP contribution in [0.15, 0.2) is 24.3 Å². The average Bonchev–Trinajstić information content (AvgIpc) is 2.69. The number of rotatable bonds is 6. The highest BCUT2D eigenvalue weighted by Crippen LogP contribution is 2.28. The summed E-state index contributed by atoms with van der Waals surface area (Å²) < 4.78 is 5.34. The second-order valence-corrected chi connectivity index (χ2v) is 5.48. The van der Waals surface area contributed by atoms with E-state index in [-0.39, 0.29) is 23.6 Å². The molecule has 0 radical (unpaired) electrons. The summed E-state index contributed by atoms with van der Waals surface area (Å²) in [6.07, 6.45) is 0. The molecule has 1 fully saturated rings. The van der Waals surface area contributed by atoms with Gasteiger partial charge in [-0.15, -0.1) is 11.6 Å². The van der Waals surface area contributed by atoms with E-state index in [4.69, 9.17) is 16.3 Å². The van der Waals surface area contributed by atoms with Gasteiger partial charge in [0.1, 0.15) is 5.75 Å². The molecule has 1 aromatic carbocycles. The first-order valence-electron chi connectivity index (χ1n) is 6.23. The van der Waals surface area contributed by atoms with Crippen LogP contribution in [0.1, 0.15) is 6.92 Å². The van der Waals surface area contributed by atoms with Gasteiger partial charge in [0, 0.05) is 18.1 Å². The van der Waals surface area contributed by atoms with Crippen LogP contribution in [0, 0.1) is 0 Å². The third kappa shape index (κ3) is 3.37. The van der Waals surface area contributed by atoms with E-state index in [2.05, 4.69) is 5.32 Å². The van der Waals surface area contributed by atoms with E-state index in [0.29, 0.717) is 6.61 Å². The maximum atomic E-state index is 12.0. The molecular formula is C13H15ClN2O3S. The van der Waals surface area contributed by atoms with Gasteiger partial charge in [0.15, 0.2) is 5.37 Å². The minimum atomic E-state index is -0.594. The minimum absolute atomic E-state index is 0.244. The molecule has 1 N–H and O–H groups in total. The zero-order chi connectivity index (χ0) is 14.5. The van der Waals surface area contributed by atoms with Crippen LogP contribution in [-0.2, 0) is 4.79 Å².